The zero-order valence-electron chi connectivity index (χ0n) is 18.0. The van der Waals surface area contributed by atoms with Gasteiger partial charge >= 0.3 is 11.9 Å². The standard InChI is InChI=1S/C21H26N2O7S2/c1-28-11-8-22-17(24)13-31-16-7-4-3-6-15(16)21(27)30-10-5-9-23-18(25)14-32-19(23)12-20(26)29-2/h3-4,6-7,12H,5,8-11,13-14H2,1-2H3,(H,22,24)/b19-12-. The Morgan fingerprint density at radius 1 is 1.22 bits per heavy atom. The van der Waals surface area contributed by atoms with Crippen LogP contribution in [0.15, 0.2) is 40.3 Å². The van der Waals surface area contributed by atoms with Crippen LogP contribution in [-0.2, 0) is 28.6 Å². The average molecular weight is 483 g/mol. The Labute approximate surface area is 195 Å². The SMILES string of the molecule is COCCNC(=O)CSc1ccccc1C(=O)OCCCN1C(=O)CS/C1=C\C(=O)OC. The fourth-order valence-corrected chi connectivity index (χ4v) is 4.47. The number of nitrogens with zero attached hydrogens (tertiary/aromatic N) is 1. The van der Waals surface area contributed by atoms with E-state index in [-0.39, 0.29) is 29.9 Å². The van der Waals surface area contributed by atoms with Gasteiger partial charge in [-0.2, -0.15) is 0 Å². The molecule has 0 unspecified atom stereocenters. The highest BCUT2D eigenvalue weighted by Gasteiger charge is 2.27. The van der Waals surface area contributed by atoms with Crippen molar-refractivity contribution in [3.8, 4) is 0 Å². The number of methoxy groups -OCH3 is 2. The quantitative estimate of drug-likeness (QED) is 0.206. The maximum atomic E-state index is 12.5. The topological polar surface area (TPSA) is 111 Å². The van der Waals surface area contributed by atoms with Crippen LogP contribution in [0.2, 0.25) is 0 Å². The number of nitrogens with one attached hydrogen (secondary N) is 1. The predicted octanol–water partition coefficient (Wildman–Crippen LogP) is 1.68. The van der Waals surface area contributed by atoms with Crippen molar-refractivity contribution >= 4 is 47.3 Å². The lowest BCUT2D eigenvalue weighted by atomic mass is 10.2. The number of benzene rings is 1. The smallest absolute Gasteiger partial charge is 0.339 e. The summed E-state index contributed by atoms with van der Waals surface area (Å²) < 4.78 is 14.9. The molecular formula is C21H26N2O7S2. The normalized spacial score (nSPS) is 14.5. The minimum atomic E-state index is -0.528. The number of esters is 2. The van der Waals surface area contributed by atoms with E-state index in [0.717, 1.165) is 0 Å². The average Bonchev–Trinajstić information content (AvgIpc) is 3.14. The van der Waals surface area contributed by atoms with Crippen LogP contribution in [0, 0.1) is 0 Å². The van der Waals surface area contributed by atoms with Crippen molar-refractivity contribution in [3.63, 3.8) is 0 Å². The fourth-order valence-electron chi connectivity index (χ4n) is 2.64. The molecule has 0 aromatic heterocycles. The molecule has 9 nitrogen and oxygen atoms in total. The molecule has 0 saturated carbocycles. The number of rotatable bonds is 12. The molecule has 1 aromatic rings. The van der Waals surface area contributed by atoms with Gasteiger partial charge in [-0.25, -0.2) is 9.59 Å². The van der Waals surface area contributed by atoms with E-state index in [1.54, 1.807) is 31.4 Å². The first kappa shape index (κ1) is 25.8. The summed E-state index contributed by atoms with van der Waals surface area (Å²) in [6.07, 6.45) is 1.69. The molecule has 1 aliphatic heterocycles. The Balaban J connectivity index is 1.83. The maximum absolute atomic E-state index is 12.5. The molecule has 1 fully saturated rings. The van der Waals surface area contributed by atoms with Gasteiger partial charge in [0.2, 0.25) is 11.8 Å². The highest BCUT2D eigenvalue weighted by molar-refractivity contribution is 8.04. The predicted molar refractivity (Wildman–Crippen MR) is 121 cm³/mol. The van der Waals surface area contributed by atoms with Crippen LogP contribution in [0.25, 0.3) is 0 Å². The zero-order chi connectivity index (χ0) is 23.3. The van der Waals surface area contributed by atoms with Crippen molar-refractivity contribution in [1.29, 1.82) is 0 Å². The Hall–Kier alpha value is -2.50. The maximum Gasteiger partial charge on any atom is 0.339 e. The van der Waals surface area contributed by atoms with Gasteiger partial charge in [-0.15, -0.1) is 11.8 Å². The molecular weight excluding hydrogens is 456 g/mol. The Bertz CT molecular complexity index is 860. The van der Waals surface area contributed by atoms with Gasteiger partial charge in [0.05, 0.1) is 48.5 Å². The van der Waals surface area contributed by atoms with E-state index in [1.807, 2.05) is 0 Å². The highest BCUT2D eigenvalue weighted by atomic mass is 32.2. The van der Waals surface area contributed by atoms with E-state index in [2.05, 4.69) is 10.1 Å². The van der Waals surface area contributed by atoms with Crippen LogP contribution in [0.1, 0.15) is 16.8 Å². The number of thioether (sulfide) groups is 2. The summed E-state index contributed by atoms with van der Waals surface area (Å²) in [5, 5.41) is 3.25. The first-order valence-electron chi connectivity index (χ1n) is 9.83. The molecule has 0 atom stereocenters. The molecule has 1 heterocycles. The number of amides is 2. The Morgan fingerprint density at radius 2 is 2.00 bits per heavy atom. The first-order valence-corrected chi connectivity index (χ1v) is 11.8. The van der Waals surface area contributed by atoms with Gasteiger partial charge in [-0.3, -0.25) is 9.59 Å². The fraction of sp³-hybridized carbons (Fsp3) is 0.429. The highest BCUT2D eigenvalue weighted by Crippen LogP contribution is 2.29. The van der Waals surface area contributed by atoms with E-state index in [4.69, 9.17) is 9.47 Å². The van der Waals surface area contributed by atoms with Gasteiger partial charge in [0.1, 0.15) is 0 Å². The molecule has 1 aromatic carbocycles. The minimum absolute atomic E-state index is 0.106. The lowest BCUT2D eigenvalue weighted by molar-refractivity contribution is -0.135. The summed E-state index contributed by atoms with van der Waals surface area (Å²) in [5.41, 5.74) is 0.376. The zero-order valence-corrected chi connectivity index (χ0v) is 19.6. The molecule has 1 saturated heterocycles. The number of carbonyl (C=O) groups is 4. The molecule has 1 N–H and O–H groups in total. The second-order valence-electron chi connectivity index (χ2n) is 6.46. The van der Waals surface area contributed by atoms with Crippen molar-refractivity contribution in [2.45, 2.75) is 11.3 Å². The molecule has 2 rings (SSSR count). The van der Waals surface area contributed by atoms with Gasteiger partial charge in [0.25, 0.3) is 0 Å². The lowest BCUT2D eigenvalue weighted by Crippen LogP contribution is -2.28. The third-order valence-electron chi connectivity index (χ3n) is 4.21. The molecule has 11 heteroatoms. The van der Waals surface area contributed by atoms with E-state index in [0.29, 0.717) is 41.6 Å². The van der Waals surface area contributed by atoms with Crippen LogP contribution < -0.4 is 5.32 Å². The molecule has 32 heavy (non-hydrogen) atoms. The molecule has 1 aliphatic rings. The second kappa shape index (κ2) is 13.8. The number of hydrogen-bond acceptors (Lipinski definition) is 9. The van der Waals surface area contributed by atoms with Crippen LogP contribution in [0.3, 0.4) is 0 Å². The number of carbonyl (C=O) groups excluding carboxylic acids is 4. The van der Waals surface area contributed by atoms with Crippen LogP contribution >= 0.6 is 23.5 Å². The number of hydrogen-bond donors (Lipinski definition) is 1. The summed E-state index contributed by atoms with van der Waals surface area (Å²) in [5.74, 6) is -0.869. The largest absolute Gasteiger partial charge is 0.466 e. The second-order valence-corrected chi connectivity index (χ2v) is 8.47. The molecule has 0 radical (unpaired) electrons. The monoisotopic (exact) mass is 482 g/mol. The first-order chi connectivity index (χ1) is 15.5. The minimum Gasteiger partial charge on any atom is -0.466 e. The van der Waals surface area contributed by atoms with Gasteiger partial charge in [-0.1, -0.05) is 23.9 Å². The lowest BCUT2D eigenvalue weighted by Gasteiger charge is -2.16. The van der Waals surface area contributed by atoms with Crippen molar-refractivity contribution in [2.24, 2.45) is 0 Å². The summed E-state index contributed by atoms with van der Waals surface area (Å²) in [4.78, 5) is 50.0. The van der Waals surface area contributed by atoms with E-state index in [1.165, 1.54) is 41.6 Å². The Kier molecular flexibility index (Phi) is 11.1. The number of ether oxygens (including phenoxy) is 3. The van der Waals surface area contributed by atoms with Gasteiger partial charge in [0, 0.05) is 25.1 Å². The van der Waals surface area contributed by atoms with Crippen LogP contribution in [0.5, 0.6) is 0 Å². The molecule has 0 aliphatic carbocycles. The summed E-state index contributed by atoms with van der Waals surface area (Å²) in [6.45, 7) is 1.28. The van der Waals surface area contributed by atoms with Gasteiger partial charge in [-0.05, 0) is 18.6 Å². The molecule has 0 spiro atoms. The third kappa shape index (κ3) is 8.21. The van der Waals surface area contributed by atoms with Crippen molar-refractivity contribution < 1.29 is 33.4 Å². The molecule has 0 bridgehead atoms. The van der Waals surface area contributed by atoms with Crippen molar-refractivity contribution in [2.75, 3.05) is 52.0 Å². The Morgan fingerprint density at radius 3 is 2.75 bits per heavy atom. The van der Waals surface area contributed by atoms with Gasteiger partial charge < -0.3 is 24.4 Å². The van der Waals surface area contributed by atoms with Crippen LogP contribution in [0.4, 0.5) is 0 Å². The summed E-state index contributed by atoms with van der Waals surface area (Å²) in [6, 6.07) is 6.91. The van der Waals surface area contributed by atoms with Crippen molar-refractivity contribution in [1.82, 2.24) is 10.2 Å². The van der Waals surface area contributed by atoms with Crippen LogP contribution in [-0.4, -0.2) is 80.7 Å². The van der Waals surface area contributed by atoms with E-state index >= 15 is 0 Å². The molecule has 2 amide bonds. The third-order valence-corrected chi connectivity index (χ3v) is 6.31. The van der Waals surface area contributed by atoms with Crippen molar-refractivity contribution in [3.05, 3.63) is 40.9 Å². The summed E-state index contributed by atoms with van der Waals surface area (Å²) in [7, 11) is 2.83. The summed E-state index contributed by atoms with van der Waals surface area (Å²) >= 11 is 2.51. The van der Waals surface area contributed by atoms with E-state index < -0.39 is 11.9 Å². The van der Waals surface area contributed by atoms with Gasteiger partial charge in [0.15, 0.2) is 0 Å². The molecule has 174 valence electrons. The van der Waals surface area contributed by atoms with E-state index in [9.17, 15) is 19.2 Å².